The van der Waals surface area contributed by atoms with Crippen LogP contribution in [0.4, 0.5) is 5.00 Å². The van der Waals surface area contributed by atoms with Gasteiger partial charge >= 0.3 is 0 Å². The molecule has 2 aromatic heterocycles. The molecule has 0 spiro atoms. The standard InChI is InChI=1S/C15H23N5S/c1-4-9-16-15-14(18-19-21-15)11-20(5-2)10-13-8-6-7-12(3)17-13/h6-8,16H,4-5,9-11H2,1-3H3. The van der Waals surface area contributed by atoms with E-state index < -0.39 is 0 Å². The molecule has 0 amide bonds. The highest BCUT2D eigenvalue weighted by molar-refractivity contribution is 7.10. The van der Waals surface area contributed by atoms with Gasteiger partial charge in [0.1, 0.15) is 10.7 Å². The topological polar surface area (TPSA) is 53.9 Å². The van der Waals surface area contributed by atoms with Gasteiger partial charge in [-0.3, -0.25) is 9.88 Å². The van der Waals surface area contributed by atoms with Crippen molar-refractivity contribution < 1.29 is 0 Å². The molecule has 0 bridgehead atoms. The lowest BCUT2D eigenvalue weighted by Gasteiger charge is -2.19. The second-order valence-corrected chi connectivity index (χ2v) is 5.80. The molecule has 0 saturated heterocycles. The Balaban J connectivity index is 2.00. The average molecular weight is 305 g/mol. The zero-order valence-corrected chi connectivity index (χ0v) is 13.8. The molecule has 0 aromatic carbocycles. The zero-order valence-electron chi connectivity index (χ0n) is 13.0. The van der Waals surface area contributed by atoms with E-state index in [4.69, 9.17) is 0 Å². The van der Waals surface area contributed by atoms with Crippen LogP contribution in [-0.4, -0.2) is 32.6 Å². The highest BCUT2D eigenvalue weighted by Gasteiger charge is 2.12. The van der Waals surface area contributed by atoms with E-state index in [0.717, 1.165) is 54.7 Å². The van der Waals surface area contributed by atoms with Crippen LogP contribution in [0, 0.1) is 6.92 Å². The molecule has 21 heavy (non-hydrogen) atoms. The average Bonchev–Trinajstić information content (AvgIpc) is 2.91. The predicted molar refractivity (Wildman–Crippen MR) is 87.5 cm³/mol. The molecule has 2 aromatic rings. The summed E-state index contributed by atoms with van der Waals surface area (Å²) in [6.07, 6.45) is 1.10. The van der Waals surface area contributed by atoms with Gasteiger partial charge in [-0.15, -0.1) is 5.10 Å². The van der Waals surface area contributed by atoms with Crippen LogP contribution in [0.3, 0.4) is 0 Å². The van der Waals surface area contributed by atoms with Gasteiger partial charge in [0.25, 0.3) is 0 Å². The number of aromatic nitrogens is 3. The summed E-state index contributed by atoms with van der Waals surface area (Å²) in [7, 11) is 0. The third kappa shape index (κ3) is 4.75. The van der Waals surface area contributed by atoms with Crippen molar-refractivity contribution in [2.45, 2.75) is 40.3 Å². The summed E-state index contributed by atoms with van der Waals surface area (Å²) in [6, 6.07) is 6.16. The van der Waals surface area contributed by atoms with Gasteiger partial charge in [-0.05, 0) is 32.0 Å². The van der Waals surface area contributed by atoms with Crippen molar-refractivity contribution in [1.29, 1.82) is 0 Å². The van der Waals surface area contributed by atoms with E-state index in [0.29, 0.717) is 0 Å². The van der Waals surface area contributed by atoms with Crippen molar-refractivity contribution >= 4 is 16.5 Å². The minimum absolute atomic E-state index is 0.800. The molecule has 0 saturated carbocycles. The number of rotatable bonds is 8. The highest BCUT2D eigenvalue weighted by Crippen LogP contribution is 2.20. The maximum Gasteiger partial charge on any atom is 0.134 e. The molecule has 0 aliphatic rings. The van der Waals surface area contributed by atoms with E-state index in [1.165, 1.54) is 11.5 Å². The summed E-state index contributed by atoms with van der Waals surface area (Å²) >= 11 is 1.44. The lowest BCUT2D eigenvalue weighted by Crippen LogP contribution is -2.23. The lowest BCUT2D eigenvalue weighted by atomic mass is 10.3. The van der Waals surface area contributed by atoms with E-state index in [1.54, 1.807) is 0 Å². The van der Waals surface area contributed by atoms with Crippen LogP contribution in [-0.2, 0) is 13.1 Å². The number of aryl methyl sites for hydroxylation is 1. The Labute approximate surface area is 130 Å². The molecular formula is C15H23N5S. The molecule has 5 nitrogen and oxygen atoms in total. The molecule has 0 radical (unpaired) electrons. The van der Waals surface area contributed by atoms with Gasteiger partial charge in [-0.1, -0.05) is 24.4 Å². The van der Waals surface area contributed by atoms with Crippen molar-refractivity contribution in [3.05, 3.63) is 35.3 Å². The summed E-state index contributed by atoms with van der Waals surface area (Å²) in [5, 5.41) is 8.75. The van der Waals surface area contributed by atoms with E-state index in [9.17, 15) is 0 Å². The smallest absolute Gasteiger partial charge is 0.134 e. The van der Waals surface area contributed by atoms with E-state index in [1.807, 2.05) is 13.0 Å². The maximum atomic E-state index is 4.57. The van der Waals surface area contributed by atoms with Crippen LogP contribution in [0.2, 0.25) is 0 Å². The van der Waals surface area contributed by atoms with Crippen LogP contribution in [0.1, 0.15) is 37.4 Å². The first-order chi connectivity index (χ1) is 10.2. The van der Waals surface area contributed by atoms with Gasteiger partial charge in [0.2, 0.25) is 0 Å². The first-order valence-corrected chi connectivity index (χ1v) is 8.20. The molecule has 6 heteroatoms. The molecule has 2 rings (SSSR count). The monoisotopic (exact) mass is 305 g/mol. The van der Waals surface area contributed by atoms with Gasteiger partial charge in [-0.25, -0.2) is 0 Å². The SMILES string of the molecule is CCCNc1snnc1CN(CC)Cc1cccc(C)n1. The number of pyridine rings is 1. The van der Waals surface area contributed by atoms with Crippen molar-refractivity contribution in [1.82, 2.24) is 19.5 Å². The summed E-state index contributed by atoms with van der Waals surface area (Å²) in [6.45, 7) is 9.90. The Morgan fingerprint density at radius 3 is 2.81 bits per heavy atom. The third-order valence-corrected chi connectivity index (χ3v) is 3.97. The van der Waals surface area contributed by atoms with Gasteiger partial charge in [0.15, 0.2) is 0 Å². The largest absolute Gasteiger partial charge is 0.374 e. The maximum absolute atomic E-state index is 4.57. The van der Waals surface area contributed by atoms with Crippen molar-refractivity contribution in [2.75, 3.05) is 18.4 Å². The van der Waals surface area contributed by atoms with Crippen LogP contribution in [0.5, 0.6) is 0 Å². The fraction of sp³-hybridized carbons (Fsp3) is 0.533. The molecule has 1 N–H and O–H groups in total. The Bertz CT molecular complexity index is 555. The van der Waals surface area contributed by atoms with E-state index in [2.05, 4.69) is 50.8 Å². The van der Waals surface area contributed by atoms with E-state index in [-0.39, 0.29) is 0 Å². The Morgan fingerprint density at radius 1 is 1.24 bits per heavy atom. The summed E-state index contributed by atoms with van der Waals surface area (Å²) in [4.78, 5) is 6.90. The second-order valence-electron chi connectivity index (χ2n) is 5.05. The number of nitrogens with one attached hydrogen (secondary N) is 1. The fourth-order valence-corrected chi connectivity index (χ4v) is 2.69. The predicted octanol–water partition coefficient (Wildman–Crippen LogP) is 3.09. The molecule has 2 heterocycles. The Morgan fingerprint density at radius 2 is 2.10 bits per heavy atom. The summed E-state index contributed by atoms with van der Waals surface area (Å²) in [5.74, 6) is 0. The Hall–Kier alpha value is -1.53. The third-order valence-electron chi connectivity index (χ3n) is 3.24. The van der Waals surface area contributed by atoms with Gasteiger partial charge in [0, 0.05) is 36.9 Å². The number of hydrogen-bond donors (Lipinski definition) is 1. The molecular weight excluding hydrogens is 282 g/mol. The molecule has 0 fully saturated rings. The van der Waals surface area contributed by atoms with Gasteiger partial charge < -0.3 is 5.32 Å². The molecule has 114 valence electrons. The quantitative estimate of drug-likeness (QED) is 0.812. The van der Waals surface area contributed by atoms with Crippen molar-refractivity contribution in [3.8, 4) is 0 Å². The van der Waals surface area contributed by atoms with Crippen LogP contribution in [0.25, 0.3) is 0 Å². The van der Waals surface area contributed by atoms with Gasteiger partial charge in [-0.2, -0.15) is 0 Å². The number of anilines is 1. The van der Waals surface area contributed by atoms with Crippen LogP contribution < -0.4 is 5.32 Å². The highest BCUT2D eigenvalue weighted by atomic mass is 32.1. The lowest BCUT2D eigenvalue weighted by molar-refractivity contribution is 0.265. The molecule has 0 aliphatic heterocycles. The normalized spacial score (nSPS) is 11.0. The summed E-state index contributed by atoms with van der Waals surface area (Å²) in [5.41, 5.74) is 3.19. The van der Waals surface area contributed by atoms with Crippen LogP contribution in [0.15, 0.2) is 18.2 Å². The fourth-order valence-electron chi connectivity index (χ4n) is 2.09. The number of nitrogens with zero attached hydrogens (tertiary/aromatic N) is 4. The molecule has 0 unspecified atom stereocenters. The first-order valence-electron chi connectivity index (χ1n) is 7.43. The van der Waals surface area contributed by atoms with Crippen molar-refractivity contribution in [2.24, 2.45) is 0 Å². The number of hydrogen-bond acceptors (Lipinski definition) is 6. The minimum atomic E-state index is 0.800. The second kappa shape index (κ2) is 8.05. The van der Waals surface area contributed by atoms with Crippen molar-refractivity contribution in [3.63, 3.8) is 0 Å². The Kier molecular flexibility index (Phi) is 6.07. The molecule has 0 aliphatic carbocycles. The minimum Gasteiger partial charge on any atom is -0.374 e. The van der Waals surface area contributed by atoms with Crippen LogP contribution >= 0.6 is 11.5 Å². The van der Waals surface area contributed by atoms with E-state index >= 15 is 0 Å². The molecule has 0 atom stereocenters. The summed E-state index contributed by atoms with van der Waals surface area (Å²) < 4.78 is 4.07. The first kappa shape index (κ1) is 15.9. The van der Waals surface area contributed by atoms with Gasteiger partial charge in [0.05, 0.1) is 5.69 Å². The zero-order chi connectivity index (χ0) is 15.1.